The number of rotatable bonds is 7. The number of nitrogens with two attached hydrogens (primary N) is 1. The molecule has 0 bridgehead atoms. The Kier molecular flexibility index (Phi) is 6.80. The molecule has 0 rings (SSSR count). The molecular formula is C12H24N2O3. The van der Waals surface area contributed by atoms with Crippen molar-refractivity contribution in [3.8, 4) is 0 Å². The molecule has 0 heterocycles. The van der Waals surface area contributed by atoms with E-state index >= 15 is 0 Å². The van der Waals surface area contributed by atoms with Crippen LogP contribution in [0.5, 0.6) is 0 Å². The van der Waals surface area contributed by atoms with E-state index in [1.54, 1.807) is 6.92 Å². The number of nitrogens with one attached hydrogen (secondary N) is 1. The first-order valence-electron chi connectivity index (χ1n) is 6.07. The second-order valence-electron chi connectivity index (χ2n) is 4.75. The first-order valence-corrected chi connectivity index (χ1v) is 6.07. The van der Waals surface area contributed by atoms with Gasteiger partial charge in [0.15, 0.2) is 0 Å². The standard InChI is InChI=1S/C12H24N2O3/c1-5-7(2)8(3)10(6-11(15)16)14-12(17)9(4)13/h7-10H,5-6,13H2,1-4H3,(H,14,17)(H,15,16). The minimum absolute atomic E-state index is 0.0655. The van der Waals surface area contributed by atoms with Crippen molar-refractivity contribution in [1.82, 2.24) is 5.32 Å². The highest BCUT2D eigenvalue weighted by atomic mass is 16.4. The summed E-state index contributed by atoms with van der Waals surface area (Å²) in [6, 6.07) is -0.976. The van der Waals surface area contributed by atoms with Crippen LogP contribution in [-0.2, 0) is 9.59 Å². The third-order valence-electron chi connectivity index (χ3n) is 3.31. The highest BCUT2D eigenvalue weighted by molar-refractivity contribution is 5.82. The molecule has 0 saturated carbocycles. The summed E-state index contributed by atoms with van der Waals surface area (Å²) in [7, 11) is 0. The van der Waals surface area contributed by atoms with Crippen LogP contribution in [0.1, 0.15) is 40.5 Å². The van der Waals surface area contributed by atoms with Gasteiger partial charge in [-0.15, -0.1) is 0 Å². The quantitative estimate of drug-likeness (QED) is 0.622. The van der Waals surface area contributed by atoms with Gasteiger partial charge in [-0.2, -0.15) is 0 Å². The molecule has 5 heteroatoms. The third-order valence-corrected chi connectivity index (χ3v) is 3.31. The lowest BCUT2D eigenvalue weighted by Crippen LogP contribution is -2.48. The molecule has 0 aromatic carbocycles. The summed E-state index contributed by atoms with van der Waals surface area (Å²) in [5, 5.41) is 11.6. The minimum Gasteiger partial charge on any atom is -0.481 e. The summed E-state index contributed by atoms with van der Waals surface area (Å²) in [5.41, 5.74) is 5.46. The van der Waals surface area contributed by atoms with Crippen LogP contribution in [0, 0.1) is 11.8 Å². The lowest BCUT2D eigenvalue weighted by molar-refractivity contribution is -0.138. The van der Waals surface area contributed by atoms with Crippen LogP contribution >= 0.6 is 0 Å². The summed E-state index contributed by atoms with van der Waals surface area (Å²) in [6.07, 6.45) is 0.884. The van der Waals surface area contributed by atoms with Gasteiger partial charge < -0.3 is 16.2 Å². The number of carboxylic acid groups (broad SMARTS) is 1. The number of carboxylic acids is 1. The highest BCUT2D eigenvalue weighted by Gasteiger charge is 2.26. The van der Waals surface area contributed by atoms with E-state index in [0.29, 0.717) is 5.92 Å². The number of carbonyl (C=O) groups excluding carboxylic acids is 1. The van der Waals surface area contributed by atoms with E-state index in [2.05, 4.69) is 12.2 Å². The molecule has 0 spiro atoms. The Hall–Kier alpha value is -1.10. The maximum Gasteiger partial charge on any atom is 0.305 e. The number of hydrogen-bond acceptors (Lipinski definition) is 3. The Labute approximate surface area is 103 Å². The first-order chi connectivity index (χ1) is 7.79. The van der Waals surface area contributed by atoms with Gasteiger partial charge in [0.2, 0.25) is 5.91 Å². The molecule has 0 aliphatic rings. The monoisotopic (exact) mass is 244 g/mol. The van der Waals surface area contributed by atoms with Crippen molar-refractivity contribution in [1.29, 1.82) is 0 Å². The third kappa shape index (κ3) is 5.68. The molecule has 4 unspecified atom stereocenters. The van der Waals surface area contributed by atoms with Crippen LogP contribution < -0.4 is 11.1 Å². The molecule has 0 fully saturated rings. The Morgan fingerprint density at radius 3 is 2.18 bits per heavy atom. The molecule has 100 valence electrons. The Balaban J connectivity index is 4.63. The fourth-order valence-corrected chi connectivity index (χ4v) is 1.64. The Morgan fingerprint density at radius 1 is 1.29 bits per heavy atom. The van der Waals surface area contributed by atoms with E-state index in [9.17, 15) is 9.59 Å². The maximum atomic E-state index is 11.5. The van der Waals surface area contributed by atoms with Crippen molar-refractivity contribution in [2.24, 2.45) is 17.6 Å². The van der Waals surface area contributed by atoms with Crippen LogP contribution in [0.25, 0.3) is 0 Å². The van der Waals surface area contributed by atoms with Crippen LogP contribution in [0.3, 0.4) is 0 Å². The second kappa shape index (κ2) is 7.27. The van der Waals surface area contributed by atoms with Gasteiger partial charge in [0.05, 0.1) is 12.5 Å². The number of amides is 1. The Bertz CT molecular complexity index is 266. The van der Waals surface area contributed by atoms with Crippen molar-refractivity contribution in [2.75, 3.05) is 0 Å². The molecule has 0 aliphatic heterocycles. The van der Waals surface area contributed by atoms with Crippen molar-refractivity contribution in [3.63, 3.8) is 0 Å². The summed E-state index contributed by atoms with van der Waals surface area (Å²) >= 11 is 0. The molecule has 0 aromatic rings. The molecule has 17 heavy (non-hydrogen) atoms. The molecule has 5 nitrogen and oxygen atoms in total. The smallest absolute Gasteiger partial charge is 0.305 e. The Morgan fingerprint density at radius 2 is 1.82 bits per heavy atom. The van der Waals surface area contributed by atoms with Crippen LogP contribution in [0.15, 0.2) is 0 Å². The topological polar surface area (TPSA) is 92.4 Å². The van der Waals surface area contributed by atoms with E-state index in [0.717, 1.165) is 6.42 Å². The zero-order valence-corrected chi connectivity index (χ0v) is 11.1. The van der Waals surface area contributed by atoms with Crippen LogP contribution in [-0.4, -0.2) is 29.1 Å². The van der Waals surface area contributed by atoms with E-state index in [4.69, 9.17) is 10.8 Å². The van der Waals surface area contributed by atoms with Gasteiger partial charge >= 0.3 is 5.97 Å². The summed E-state index contributed by atoms with van der Waals surface area (Å²) in [5.74, 6) is -0.743. The van der Waals surface area contributed by atoms with Gasteiger partial charge in [-0.05, 0) is 18.8 Å². The predicted octanol–water partition coefficient (Wildman–Crippen LogP) is 0.975. The van der Waals surface area contributed by atoms with Gasteiger partial charge in [0.1, 0.15) is 0 Å². The molecule has 0 radical (unpaired) electrons. The lowest BCUT2D eigenvalue weighted by Gasteiger charge is -2.28. The molecule has 0 saturated heterocycles. The average molecular weight is 244 g/mol. The molecule has 0 aromatic heterocycles. The SMILES string of the molecule is CCC(C)C(C)C(CC(=O)O)NC(=O)C(C)N. The molecular weight excluding hydrogens is 220 g/mol. The van der Waals surface area contributed by atoms with Crippen LogP contribution in [0.4, 0.5) is 0 Å². The zero-order valence-electron chi connectivity index (χ0n) is 11.1. The van der Waals surface area contributed by atoms with E-state index < -0.39 is 12.0 Å². The lowest BCUT2D eigenvalue weighted by atomic mass is 9.85. The van der Waals surface area contributed by atoms with Gasteiger partial charge in [-0.3, -0.25) is 9.59 Å². The predicted molar refractivity (Wildman–Crippen MR) is 66.5 cm³/mol. The average Bonchev–Trinajstić information content (AvgIpc) is 2.25. The summed E-state index contributed by atoms with van der Waals surface area (Å²) in [6.45, 7) is 7.65. The number of hydrogen-bond donors (Lipinski definition) is 3. The van der Waals surface area contributed by atoms with Crippen molar-refractivity contribution in [3.05, 3.63) is 0 Å². The fraction of sp³-hybridized carbons (Fsp3) is 0.833. The minimum atomic E-state index is -0.907. The van der Waals surface area contributed by atoms with Crippen molar-refractivity contribution < 1.29 is 14.7 Å². The van der Waals surface area contributed by atoms with Crippen LogP contribution in [0.2, 0.25) is 0 Å². The summed E-state index contributed by atoms with van der Waals surface area (Å²) < 4.78 is 0. The highest BCUT2D eigenvalue weighted by Crippen LogP contribution is 2.20. The number of carbonyl (C=O) groups is 2. The van der Waals surface area contributed by atoms with Crippen molar-refractivity contribution in [2.45, 2.75) is 52.6 Å². The van der Waals surface area contributed by atoms with E-state index in [1.807, 2.05) is 13.8 Å². The van der Waals surface area contributed by atoms with E-state index in [1.165, 1.54) is 0 Å². The van der Waals surface area contributed by atoms with Gasteiger partial charge in [0.25, 0.3) is 0 Å². The molecule has 4 N–H and O–H groups in total. The second-order valence-corrected chi connectivity index (χ2v) is 4.75. The molecule has 0 aliphatic carbocycles. The fourth-order valence-electron chi connectivity index (χ4n) is 1.64. The van der Waals surface area contributed by atoms with Crippen molar-refractivity contribution >= 4 is 11.9 Å². The largest absolute Gasteiger partial charge is 0.481 e. The first kappa shape index (κ1) is 15.9. The summed E-state index contributed by atoms with van der Waals surface area (Å²) in [4.78, 5) is 22.3. The zero-order chi connectivity index (χ0) is 13.6. The normalized spacial score (nSPS) is 17.9. The maximum absolute atomic E-state index is 11.5. The molecule has 4 atom stereocenters. The van der Waals surface area contributed by atoms with E-state index in [-0.39, 0.29) is 24.3 Å². The number of aliphatic carboxylic acids is 1. The van der Waals surface area contributed by atoms with Gasteiger partial charge in [-0.25, -0.2) is 0 Å². The molecule has 1 amide bonds. The van der Waals surface area contributed by atoms with Gasteiger partial charge in [0, 0.05) is 6.04 Å². The van der Waals surface area contributed by atoms with Gasteiger partial charge in [-0.1, -0.05) is 27.2 Å².